The van der Waals surface area contributed by atoms with E-state index < -0.39 is 0 Å². The predicted molar refractivity (Wildman–Crippen MR) is 120 cm³/mol. The third-order valence-electron chi connectivity index (χ3n) is 6.92. The number of pyridine rings is 1. The Hall–Kier alpha value is -2.88. The van der Waals surface area contributed by atoms with Gasteiger partial charge in [0, 0.05) is 49.5 Å². The Kier molecular flexibility index (Phi) is 4.73. The van der Waals surface area contributed by atoms with Crippen LogP contribution in [0, 0.1) is 6.92 Å². The van der Waals surface area contributed by atoms with Crippen LogP contribution in [-0.4, -0.2) is 34.5 Å². The molecule has 0 bridgehead atoms. The van der Waals surface area contributed by atoms with Gasteiger partial charge < -0.3 is 9.64 Å². The van der Waals surface area contributed by atoms with E-state index in [4.69, 9.17) is 4.74 Å². The number of hydrogen-bond donors (Lipinski definition) is 0. The molecule has 2 aliphatic rings. The summed E-state index contributed by atoms with van der Waals surface area (Å²) in [6.07, 6.45) is 6.46. The monoisotopic (exact) mass is 400 g/mol. The van der Waals surface area contributed by atoms with E-state index >= 15 is 0 Å². The van der Waals surface area contributed by atoms with Gasteiger partial charge in [0.1, 0.15) is 11.4 Å². The fourth-order valence-corrected chi connectivity index (χ4v) is 5.00. The minimum atomic E-state index is -0.112. The first-order valence-corrected chi connectivity index (χ1v) is 11.0. The number of aromatic nitrogens is 1. The molecule has 1 aromatic heterocycles. The maximum Gasteiger partial charge on any atom is 0.222 e. The second-order valence-electron chi connectivity index (χ2n) is 8.66. The van der Waals surface area contributed by atoms with Crippen molar-refractivity contribution in [1.29, 1.82) is 0 Å². The van der Waals surface area contributed by atoms with Crippen LogP contribution in [0.25, 0.3) is 22.0 Å². The molecule has 0 N–H and O–H groups in total. The van der Waals surface area contributed by atoms with E-state index in [0.717, 1.165) is 50.0 Å². The Labute approximate surface area is 177 Å². The van der Waals surface area contributed by atoms with E-state index in [9.17, 15) is 4.79 Å². The van der Waals surface area contributed by atoms with Gasteiger partial charge in [-0.25, -0.2) is 0 Å². The zero-order valence-electron chi connectivity index (χ0n) is 17.8. The Bertz CT molecular complexity index is 1110. The summed E-state index contributed by atoms with van der Waals surface area (Å²) in [5.41, 5.74) is 5.85. The molecule has 3 heterocycles. The van der Waals surface area contributed by atoms with Crippen molar-refractivity contribution in [1.82, 2.24) is 9.88 Å². The van der Waals surface area contributed by atoms with Crippen molar-refractivity contribution in [2.75, 3.05) is 13.1 Å². The number of aryl methyl sites for hydroxylation is 2. The maximum absolute atomic E-state index is 12.0. The summed E-state index contributed by atoms with van der Waals surface area (Å²) in [6, 6.07) is 14.9. The topological polar surface area (TPSA) is 42.4 Å². The molecule has 30 heavy (non-hydrogen) atoms. The van der Waals surface area contributed by atoms with Gasteiger partial charge in [0.15, 0.2) is 0 Å². The van der Waals surface area contributed by atoms with Gasteiger partial charge in [-0.05, 0) is 54.7 Å². The van der Waals surface area contributed by atoms with Gasteiger partial charge in [0.25, 0.3) is 0 Å². The zero-order chi connectivity index (χ0) is 20.7. The molecular formula is C26H28N2O2. The summed E-state index contributed by atoms with van der Waals surface area (Å²) >= 11 is 0. The summed E-state index contributed by atoms with van der Waals surface area (Å²) in [6.45, 7) is 5.73. The van der Waals surface area contributed by atoms with Crippen molar-refractivity contribution >= 4 is 16.8 Å². The number of likely N-dealkylation sites (tertiary alicyclic amines) is 1. The third kappa shape index (κ3) is 3.24. The van der Waals surface area contributed by atoms with Gasteiger partial charge in [-0.2, -0.15) is 0 Å². The number of amides is 1. The molecule has 0 saturated carbocycles. The molecule has 154 valence electrons. The van der Waals surface area contributed by atoms with Crippen molar-refractivity contribution in [3.63, 3.8) is 0 Å². The Balaban J connectivity index is 1.39. The van der Waals surface area contributed by atoms with Crippen molar-refractivity contribution in [3.05, 3.63) is 59.8 Å². The Morgan fingerprint density at radius 1 is 1.13 bits per heavy atom. The zero-order valence-corrected chi connectivity index (χ0v) is 17.8. The Morgan fingerprint density at radius 3 is 2.73 bits per heavy atom. The molecule has 2 aliphatic heterocycles. The molecule has 1 saturated heterocycles. The van der Waals surface area contributed by atoms with Crippen molar-refractivity contribution in [3.8, 4) is 16.9 Å². The number of hydrogen-bond acceptors (Lipinski definition) is 3. The number of fused-ring (bicyclic) bond motifs is 2. The fourth-order valence-electron chi connectivity index (χ4n) is 5.00. The average Bonchev–Trinajstić information content (AvgIpc) is 2.79. The van der Waals surface area contributed by atoms with E-state index in [1.807, 2.05) is 24.1 Å². The van der Waals surface area contributed by atoms with Gasteiger partial charge in [0.05, 0.1) is 5.52 Å². The quantitative estimate of drug-likeness (QED) is 0.586. The number of benzene rings is 2. The largest absolute Gasteiger partial charge is 0.487 e. The van der Waals surface area contributed by atoms with E-state index in [2.05, 4.69) is 48.3 Å². The normalized spacial score (nSPS) is 17.6. The minimum absolute atomic E-state index is 0.112. The third-order valence-corrected chi connectivity index (χ3v) is 6.92. The molecule has 0 aliphatic carbocycles. The summed E-state index contributed by atoms with van der Waals surface area (Å²) in [5.74, 6) is 1.26. The highest BCUT2D eigenvalue weighted by molar-refractivity contribution is 5.88. The molecule has 2 aromatic carbocycles. The van der Waals surface area contributed by atoms with Crippen LogP contribution in [0.5, 0.6) is 5.75 Å². The molecule has 4 nitrogen and oxygen atoms in total. The average molecular weight is 401 g/mol. The molecule has 5 rings (SSSR count). The number of carbonyl (C=O) groups is 1. The highest BCUT2D eigenvalue weighted by Gasteiger charge is 2.40. The Morgan fingerprint density at radius 2 is 1.93 bits per heavy atom. The van der Waals surface area contributed by atoms with Crippen LogP contribution in [-0.2, 0) is 11.2 Å². The van der Waals surface area contributed by atoms with Crippen molar-refractivity contribution in [2.24, 2.45) is 0 Å². The van der Waals surface area contributed by atoms with Gasteiger partial charge >= 0.3 is 0 Å². The molecule has 3 aromatic rings. The summed E-state index contributed by atoms with van der Waals surface area (Å²) in [4.78, 5) is 18.7. The highest BCUT2D eigenvalue weighted by atomic mass is 16.5. The second kappa shape index (κ2) is 7.42. The maximum atomic E-state index is 12.0. The number of nitrogens with zero attached hydrogens (tertiary/aromatic N) is 2. The van der Waals surface area contributed by atoms with E-state index in [-0.39, 0.29) is 11.5 Å². The lowest BCUT2D eigenvalue weighted by Gasteiger charge is -2.44. The SMILES string of the molecule is CCC(=O)N1CCC2(CCc3cc(-c4cnc5ccccc5c4C)ccc3O2)CC1. The number of rotatable bonds is 2. The van der Waals surface area contributed by atoms with Gasteiger partial charge in [-0.15, -0.1) is 0 Å². The summed E-state index contributed by atoms with van der Waals surface area (Å²) in [5, 5.41) is 1.20. The summed E-state index contributed by atoms with van der Waals surface area (Å²) < 4.78 is 6.56. The standard InChI is InChI=1S/C26H28N2O2/c1-3-25(29)28-14-12-26(13-15-28)11-10-20-16-19(8-9-24(20)30-26)22-17-27-23-7-5-4-6-21(23)18(22)2/h4-9,16-17H,3,10-15H2,1-2H3. The molecule has 0 radical (unpaired) electrons. The molecule has 4 heteroatoms. The van der Waals surface area contributed by atoms with Crippen LogP contribution in [0.3, 0.4) is 0 Å². The number of para-hydroxylation sites is 1. The molecule has 0 unspecified atom stereocenters. The minimum Gasteiger partial charge on any atom is -0.487 e. The fraction of sp³-hybridized carbons (Fsp3) is 0.385. The smallest absolute Gasteiger partial charge is 0.222 e. The summed E-state index contributed by atoms with van der Waals surface area (Å²) in [7, 11) is 0. The first-order chi connectivity index (χ1) is 14.6. The van der Waals surface area contributed by atoms with E-state index in [0.29, 0.717) is 6.42 Å². The second-order valence-corrected chi connectivity index (χ2v) is 8.66. The van der Waals surface area contributed by atoms with Crippen molar-refractivity contribution in [2.45, 2.75) is 51.6 Å². The van der Waals surface area contributed by atoms with Crippen LogP contribution < -0.4 is 4.74 Å². The molecule has 0 atom stereocenters. The first-order valence-electron chi connectivity index (χ1n) is 11.0. The lowest BCUT2D eigenvalue weighted by atomic mass is 9.82. The number of piperidine rings is 1. The van der Waals surface area contributed by atoms with Gasteiger partial charge in [-0.1, -0.05) is 31.2 Å². The molecule has 1 spiro atoms. The van der Waals surface area contributed by atoms with Crippen molar-refractivity contribution < 1.29 is 9.53 Å². The highest BCUT2D eigenvalue weighted by Crippen LogP contribution is 2.41. The van der Waals surface area contributed by atoms with Crippen LogP contribution in [0.4, 0.5) is 0 Å². The van der Waals surface area contributed by atoms with Crippen LogP contribution in [0.15, 0.2) is 48.7 Å². The molecular weight excluding hydrogens is 372 g/mol. The van der Waals surface area contributed by atoms with Crippen LogP contribution >= 0.6 is 0 Å². The lowest BCUT2D eigenvalue weighted by Crippen LogP contribution is -2.51. The molecule has 1 amide bonds. The molecule has 1 fully saturated rings. The van der Waals surface area contributed by atoms with E-state index in [1.54, 1.807) is 0 Å². The van der Waals surface area contributed by atoms with Gasteiger partial charge in [-0.3, -0.25) is 9.78 Å². The van der Waals surface area contributed by atoms with Gasteiger partial charge in [0.2, 0.25) is 5.91 Å². The number of carbonyl (C=O) groups excluding carboxylic acids is 1. The van der Waals surface area contributed by atoms with Crippen LogP contribution in [0.1, 0.15) is 43.7 Å². The van der Waals surface area contributed by atoms with E-state index in [1.165, 1.54) is 27.6 Å². The predicted octanol–water partition coefficient (Wildman–Crippen LogP) is 5.31. The first kappa shape index (κ1) is 19.1. The number of ether oxygens (including phenoxy) is 1. The van der Waals surface area contributed by atoms with Crippen LogP contribution in [0.2, 0.25) is 0 Å². The lowest BCUT2D eigenvalue weighted by molar-refractivity contribution is -0.134.